The molecular formula is C44H49N9O6. The molecule has 0 bridgehead atoms. The van der Waals surface area contributed by atoms with Gasteiger partial charge in [-0.15, -0.1) is 0 Å². The Morgan fingerprint density at radius 1 is 0.847 bits per heavy atom. The van der Waals surface area contributed by atoms with Crippen molar-refractivity contribution in [2.75, 3.05) is 42.9 Å². The minimum atomic E-state index is -0.961. The monoisotopic (exact) mass is 799 g/mol. The summed E-state index contributed by atoms with van der Waals surface area (Å²) in [6.45, 7) is 8.11. The number of hydrogen-bond donors (Lipinski definition) is 2. The SMILES string of the molecule is CC(=O)c1c(C)c2cnc(Nc3ccc(N4CCC(CN5CCC(c6ccc7c(c6)C(=O)N(C6CCC(=O)NC6=O)C7=O)CC5)CC4)cn3)nc2n(C2CCCC2)c1=O. The Kier molecular flexibility index (Phi) is 10.3. The topological polar surface area (TPSA) is 180 Å². The number of ketones is 1. The molecule has 306 valence electrons. The number of aryl methyl sites for hydroxylation is 1. The lowest BCUT2D eigenvalue weighted by Crippen LogP contribution is -2.54. The molecular weight excluding hydrogens is 751 g/mol. The number of carbonyl (C=O) groups is 5. The van der Waals surface area contributed by atoms with Crippen molar-refractivity contribution in [2.45, 2.75) is 96.1 Å². The molecule has 9 rings (SSSR count). The van der Waals surface area contributed by atoms with Gasteiger partial charge in [0.05, 0.1) is 28.6 Å². The number of amides is 4. The minimum Gasteiger partial charge on any atom is -0.370 e. The number of Topliss-reactive ketones (excluding diaryl/α,β-unsaturated/α-hetero) is 1. The van der Waals surface area contributed by atoms with Gasteiger partial charge in [0.2, 0.25) is 17.8 Å². The number of nitrogens with one attached hydrogen (secondary N) is 2. The Morgan fingerprint density at radius 2 is 1.59 bits per heavy atom. The van der Waals surface area contributed by atoms with Crippen molar-refractivity contribution in [3.05, 3.63) is 80.9 Å². The van der Waals surface area contributed by atoms with Crippen molar-refractivity contribution in [2.24, 2.45) is 5.92 Å². The molecule has 0 radical (unpaired) electrons. The molecule has 1 unspecified atom stereocenters. The Hall–Kier alpha value is -5.83. The summed E-state index contributed by atoms with van der Waals surface area (Å²) >= 11 is 0. The fraction of sp³-hybridized carbons (Fsp3) is 0.477. The average molecular weight is 800 g/mol. The van der Waals surface area contributed by atoms with Crippen LogP contribution in [-0.4, -0.2) is 97.5 Å². The number of fused-ring (bicyclic) bond motifs is 2. The molecule has 4 aliphatic heterocycles. The maximum absolute atomic E-state index is 13.6. The molecule has 1 atom stereocenters. The van der Waals surface area contributed by atoms with Crippen molar-refractivity contribution >= 4 is 57.9 Å². The third kappa shape index (κ3) is 7.29. The first-order chi connectivity index (χ1) is 28.5. The molecule has 2 N–H and O–H groups in total. The van der Waals surface area contributed by atoms with E-state index in [9.17, 15) is 28.8 Å². The highest BCUT2D eigenvalue weighted by Crippen LogP contribution is 2.35. The quantitative estimate of drug-likeness (QED) is 0.170. The summed E-state index contributed by atoms with van der Waals surface area (Å²) in [5.74, 6) is -0.325. The summed E-state index contributed by atoms with van der Waals surface area (Å²) in [7, 11) is 0. The number of likely N-dealkylation sites (tertiary alicyclic amines) is 1. The molecule has 7 heterocycles. The first kappa shape index (κ1) is 38.7. The van der Waals surface area contributed by atoms with Crippen molar-refractivity contribution in [1.82, 2.24) is 34.6 Å². The summed E-state index contributed by atoms with van der Waals surface area (Å²) in [6, 6.07) is 8.55. The predicted octanol–water partition coefficient (Wildman–Crippen LogP) is 5.05. The highest BCUT2D eigenvalue weighted by atomic mass is 16.2. The minimum absolute atomic E-state index is 0.00870. The molecule has 4 amide bonds. The van der Waals surface area contributed by atoms with Crippen LogP contribution < -0.4 is 21.1 Å². The molecule has 15 heteroatoms. The van der Waals surface area contributed by atoms with E-state index in [0.717, 1.165) is 100 Å². The number of rotatable bonds is 9. The maximum atomic E-state index is 13.6. The van der Waals surface area contributed by atoms with E-state index in [2.05, 4.69) is 36.5 Å². The average Bonchev–Trinajstić information content (AvgIpc) is 3.85. The lowest BCUT2D eigenvalue weighted by molar-refractivity contribution is -0.136. The van der Waals surface area contributed by atoms with Crippen molar-refractivity contribution in [3.8, 4) is 0 Å². The van der Waals surface area contributed by atoms with Crippen LogP contribution in [0.3, 0.4) is 0 Å². The zero-order valence-corrected chi connectivity index (χ0v) is 33.5. The van der Waals surface area contributed by atoms with E-state index < -0.39 is 23.8 Å². The van der Waals surface area contributed by atoms with Crippen LogP contribution in [0.5, 0.6) is 0 Å². The molecule has 1 aromatic carbocycles. The number of nitrogens with zero attached hydrogens (tertiary/aromatic N) is 7. The van der Waals surface area contributed by atoms with E-state index in [1.165, 1.54) is 6.92 Å². The van der Waals surface area contributed by atoms with E-state index in [0.29, 0.717) is 45.4 Å². The van der Waals surface area contributed by atoms with E-state index in [1.54, 1.807) is 23.8 Å². The Morgan fingerprint density at radius 3 is 2.29 bits per heavy atom. The molecule has 4 aromatic rings. The van der Waals surface area contributed by atoms with Gasteiger partial charge in [-0.05, 0) is 119 Å². The zero-order valence-electron chi connectivity index (χ0n) is 33.5. The molecule has 3 aromatic heterocycles. The van der Waals surface area contributed by atoms with E-state index in [1.807, 2.05) is 24.4 Å². The summed E-state index contributed by atoms with van der Waals surface area (Å²) in [6.07, 6.45) is 11.8. The highest BCUT2D eigenvalue weighted by Gasteiger charge is 2.45. The molecule has 0 spiro atoms. The summed E-state index contributed by atoms with van der Waals surface area (Å²) < 4.78 is 1.72. The molecule has 4 fully saturated rings. The number of benzene rings is 1. The largest absolute Gasteiger partial charge is 0.370 e. The first-order valence-corrected chi connectivity index (χ1v) is 21.0. The van der Waals surface area contributed by atoms with Gasteiger partial charge in [0.25, 0.3) is 17.4 Å². The number of anilines is 3. The van der Waals surface area contributed by atoms with Gasteiger partial charge in [0.1, 0.15) is 17.5 Å². The van der Waals surface area contributed by atoms with E-state index in [4.69, 9.17) is 4.98 Å². The third-order valence-electron chi connectivity index (χ3n) is 13.3. The Bertz CT molecular complexity index is 2430. The first-order valence-electron chi connectivity index (χ1n) is 21.0. The predicted molar refractivity (Wildman–Crippen MR) is 220 cm³/mol. The summed E-state index contributed by atoms with van der Waals surface area (Å²) in [5, 5.41) is 6.19. The van der Waals surface area contributed by atoms with Crippen molar-refractivity contribution in [1.29, 1.82) is 0 Å². The summed E-state index contributed by atoms with van der Waals surface area (Å²) in [5.41, 5.74) is 3.88. The van der Waals surface area contributed by atoms with E-state index in [-0.39, 0.29) is 47.6 Å². The van der Waals surface area contributed by atoms with Crippen LogP contribution in [0.15, 0.2) is 47.5 Å². The lowest BCUT2D eigenvalue weighted by Gasteiger charge is -2.38. The molecule has 59 heavy (non-hydrogen) atoms. The molecule has 1 saturated carbocycles. The van der Waals surface area contributed by atoms with Gasteiger partial charge >= 0.3 is 0 Å². The second kappa shape index (κ2) is 15.7. The van der Waals surface area contributed by atoms with Crippen LogP contribution in [-0.2, 0) is 9.59 Å². The number of aromatic nitrogens is 4. The third-order valence-corrected chi connectivity index (χ3v) is 13.3. The number of carbonyl (C=O) groups excluding carboxylic acids is 5. The van der Waals surface area contributed by atoms with Gasteiger partial charge in [-0.3, -0.25) is 43.6 Å². The zero-order chi connectivity index (χ0) is 40.9. The number of piperidine rings is 3. The second-order valence-electron chi connectivity index (χ2n) is 16.9. The normalized spacial score (nSPS) is 21.1. The van der Waals surface area contributed by atoms with Gasteiger partial charge in [-0.25, -0.2) is 9.97 Å². The Balaban J connectivity index is 0.774. The van der Waals surface area contributed by atoms with Crippen LogP contribution in [0.4, 0.5) is 17.5 Å². The molecule has 15 nitrogen and oxygen atoms in total. The molecule has 5 aliphatic rings. The van der Waals surface area contributed by atoms with Crippen LogP contribution in [0.2, 0.25) is 0 Å². The van der Waals surface area contributed by atoms with Crippen molar-refractivity contribution < 1.29 is 24.0 Å². The van der Waals surface area contributed by atoms with Crippen LogP contribution in [0.1, 0.15) is 125 Å². The maximum Gasteiger partial charge on any atom is 0.263 e. The fourth-order valence-corrected chi connectivity index (χ4v) is 10.0. The van der Waals surface area contributed by atoms with Gasteiger partial charge in [-0.1, -0.05) is 18.9 Å². The lowest BCUT2D eigenvalue weighted by atomic mass is 9.87. The van der Waals surface area contributed by atoms with Crippen LogP contribution in [0, 0.1) is 12.8 Å². The fourth-order valence-electron chi connectivity index (χ4n) is 10.0. The smallest absolute Gasteiger partial charge is 0.263 e. The number of imide groups is 2. The highest BCUT2D eigenvalue weighted by molar-refractivity contribution is 6.23. The van der Waals surface area contributed by atoms with Crippen LogP contribution >= 0.6 is 0 Å². The second-order valence-corrected chi connectivity index (χ2v) is 16.9. The number of hydrogen-bond acceptors (Lipinski definition) is 12. The van der Waals surface area contributed by atoms with Gasteiger partial charge < -0.3 is 15.1 Å². The van der Waals surface area contributed by atoms with Crippen LogP contribution in [0.25, 0.3) is 11.0 Å². The van der Waals surface area contributed by atoms with Gasteiger partial charge in [0.15, 0.2) is 5.78 Å². The molecule has 1 aliphatic carbocycles. The standard InChI is InChI=1S/C44H49N9O6/c1-25-34-23-46-44(49-39(34)52(30-5-3-4-6-30)43(59)38(25)26(2)54)47-36-11-8-31(22-45-36)51-19-13-27(14-20-51)24-50-17-15-28(16-18-50)29-7-9-32-33(21-29)42(58)53(41(32)57)35-10-12-37(55)48-40(35)56/h7-9,11,21-23,27-28,30,35H,3-6,10,12-20,24H2,1-2H3,(H,48,55,56)(H,45,46,47,49). The number of pyridine rings is 2. The van der Waals surface area contributed by atoms with Crippen molar-refractivity contribution in [3.63, 3.8) is 0 Å². The summed E-state index contributed by atoms with van der Waals surface area (Å²) in [4.78, 5) is 96.6. The van der Waals surface area contributed by atoms with Gasteiger partial charge in [-0.2, -0.15) is 4.98 Å². The molecule has 3 saturated heterocycles. The Labute approximate surface area is 341 Å². The van der Waals surface area contributed by atoms with Gasteiger partial charge in [0, 0.05) is 43.7 Å². The van der Waals surface area contributed by atoms with E-state index >= 15 is 0 Å².